The summed E-state index contributed by atoms with van der Waals surface area (Å²) in [7, 11) is 0. The highest BCUT2D eigenvalue weighted by molar-refractivity contribution is 7.99. The number of nitrogens with zero attached hydrogens (tertiary/aromatic N) is 1. The molecule has 0 aliphatic heterocycles. The van der Waals surface area contributed by atoms with Crippen molar-refractivity contribution in [3.63, 3.8) is 0 Å². The summed E-state index contributed by atoms with van der Waals surface area (Å²) >= 11 is 3.80. The minimum Gasteiger partial charge on any atom is -0.249 e. The normalized spacial score (nSPS) is 12.0. The Morgan fingerprint density at radius 1 is 1.46 bits per heavy atom. The largest absolute Gasteiger partial charge is 0.249 e. The van der Waals surface area contributed by atoms with Crippen molar-refractivity contribution in [2.24, 2.45) is 0 Å². The Hall–Kier alpha value is -0.0200. The number of rotatable bonds is 3. The van der Waals surface area contributed by atoms with Gasteiger partial charge in [-0.05, 0) is 6.42 Å². The second kappa shape index (κ2) is 4.47. The molecule has 1 aromatic rings. The molecule has 3 heteroatoms. The van der Waals surface area contributed by atoms with Crippen LogP contribution >= 0.6 is 23.1 Å². The van der Waals surface area contributed by atoms with Crippen molar-refractivity contribution in [2.75, 3.05) is 0 Å². The van der Waals surface area contributed by atoms with E-state index in [1.165, 1.54) is 9.88 Å². The summed E-state index contributed by atoms with van der Waals surface area (Å²) in [4.78, 5) is 5.78. The summed E-state index contributed by atoms with van der Waals surface area (Å²) in [6, 6.07) is 0. The molecule has 1 aromatic heterocycles. The third-order valence-electron chi connectivity index (χ3n) is 1.58. The van der Waals surface area contributed by atoms with Gasteiger partial charge in [0.25, 0.3) is 0 Å². The molecule has 0 aliphatic rings. The molecule has 0 unspecified atom stereocenters. The van der Waals surface area contributed by atoms with Gasteiger partial charge in [-0.1, -0.05) is 27.7 Å². The van der Waals surface area contributed by atoms with E-state index in [-0.39, 0.29) is 0 Å². The van der Waals surface area contributed by atoms with Gasteiger partial charge in [0, 0.05) is 21.6 Å². The first kappa shape index (κ1) is 11.1. The van der Waals surface area contributed by atoms with Crippen molar-refractivity contribution in [2.45, 2.75) is 44.6 Å². The topological polar surface area (TPSA) is 12.9 Å². The second-order valence-electron chi connectivity index (χ2n) is 3.97. The minimum absolute atomic E-state index is 0.345. The van der Waals surface area contributed by atoms with Crippen LogP contribution in [0.4, 0.5) is 0 Å². The summed E-state index contributed by atoms with van der Waals surface area (Å²) in [6.07, 6.45) is 3.11. The maximum absolute atomic E-state index is 4.39. The van der Waals surface area contributed by atoms with E-state index in [1.807, 2.05) is 29.3 Å². The van der Waals surface area contributed by atoms with Crippen molar-refractivity contribution in [3.05, 3.63) is 16.1 Å². The monoisotopic (exact) mass is 215 g/mol. The van der Waals surface area contributed by atoms with Gasteiger partial charge in [-0.3, -0.25) is 0 Å². The summed E-state index contributed by atoms with van der Waals surface area (Å²) in [5.74, 6) is 1.05. The molecule has 0 saturated carbocycles. The molecule has 13 heavy (non-hydrogen) atoms. The molecule has 74 valence electrons. The lowest BCUT2D eigenvalue weighted by atomic mass is 10.3. The Balaban J connectivity index is 2.46. The van der Waals surface area contributed by atoms with Crippen LogP contribution in [-0.4, -0.2) is 9.73 Å². The fourth-order valence-corrected chi connectivity index (χ4v) is 2.56. The fourth-order valence-electron chi connectivity index (χ4n) is 0.856. The van der Waals surface area contributed by atoms with Gasteiger partial charge < -0.3 is 0 Å². The third-order valence-corrected chi connectivity index (χ3v) is 4.19. The standard InChI is InChI=1S/C10H17NS2/c1-5-8-6-11-9(13-8)7-12-10(2,3)4/h6H,5,7H2,1-4H3. The van der Waals surface area contributed by atoms with E-state index in [0.717, 1.165) is 12.2 Å². The molecule has 0 atom stereocenters. The molecule has 1 rings (SSSR count). The van der Waals surface area contributed by atoms with E-state index >= 15 is 0 Å². The number of aryl methyl sites for hydroxylation is 1. The Bertz CT molecular complexity index is 260. The number of hydrogen-bond donors (Lipinski definition) is 0. The van der Waals surface area contributed by atoms with Crippen LogP contribution in [0.25, 0.3) is 0 Å². The lowest BCUT2D eigenvalue weighted by Gasteiger charge is -2.15. The number of thioether (sulfide) groups is 1. The van der Waals surface area contributed by atoms with Crippen molar-refractivity contribution >= 4 is 23.1 Å². The first-order valence-electron chi connectivity index (χ1n) is 4.59. The smallest absolute Gasteiger partial charge is 0.103 e. The van der Waals surface area contributed by atoms with Gasteiger partial charge in [0.15, 0.2) is 0 Å². The van der Waals surface area contributed by atoms with Crippen molar-refractivity contribution in [1.82, 2.24) is 4.98 Å². The van der Waals surface area contributed by atoms with Crippen molar-refractivity contribution in [3.8, 4) is 0 Å². The Kier molecular flexibility index (Phi) is 3.80. The van der Waals surface area contributed by atoms with Gasteiger partial charge in [-0.25, -0.2) is 4.98 Å². The van der Waals surface area contributed by atoms with Crippen LogP contribution in [0.1, 0.15) is 37.6 Å². The van der Waals surface area contributed by atoms with Gasteiger partial charge in [-0.15, -0.1) is 23.1 Å². The Morgan fingerprint density at radius 2 is 2.15 bits per heavy atom. The van der Waals surface area contributed by atoms with Crippen LogP contribution in [0.15, 0.2) is 6.20 Å². The van der Waals surface area contributed by atoms with E-state index < -0.39 is 0 Å². The van der Waals surface area contributed by atoms with Gasteiger partial charge in [0.2, 0.25) is 0 Å². The third kappa shape index (κ3) is 4.14. The second-order valence-corrected chi connectivity index (χ2v) is 6.98. The van der Waals surface area contributed by atoms with E-state index in [0.29, 0.717) is 4.75 Å². The molecule has 0 fully saturated rings. The maximum atomic E-state index is 4.39. The predicted molar refractivity (Wildman–Crippen MR) is 62.5 cm³/mol. The Labute approximate surface area is 89.0 Å². The number of hydrogen-bond acceptors (Lipinski definition) is 3. The summed E-state index contributed by atoms with van der Waals surface area (Å²) in [5, 5.41) is 1.26. The molecule has 0 aromatic carbocycles. The zero-order valence-corrected chi connectivity index (χ0v) is 10.4. The molecule has 0 radical (unpaired) electrons. The highest BCUT2D eigenvalue weighted by Gasteiger charge is 2.11. The number of thiazole rings is 1. The first-order chi connectivity index (χ1) is 6.01. The molecular weight excluding hydrogens is 198 g/mol. The predicted octanol–water partition coefficient (Wildman–Crippen LogP) is 3.74. The van der Waals surface area contributed by atoms with E-state index in [4.69, 9.17) is 0 Å². The van der Waals surface area contributed by atoms with E-state index in [1.54, 1.807) is 0 Å². The lowest BCUT2D eigenvalue weighted by Crippen LogP contribution is -2.07. The fraction of sp³-hybridized carbons (Fsp3) is 0.700. The average Bonchev–Trinajstić information content (AvgIpc) is 2.47. The van der Waals surface area contributed by atoms with Crippen LogP contribution in [0.2, 0.25) is 0 Å². The highest BCUT2D eigenvalue weighted by Crippen LogP contribution is 2.28. The molecule has 1 nitrogen and oxygen atoms in total. The molecule has 0 amide bonds. The molecule has 0 N–H and O–H groups in total. The molecule has 0 bridgehead atoms. The zero-order chi connectivity index (χ0) is 9.90. The summed E-state index contributed by atoms with van der Waals surface area (Å²) in [6.45, 7) is 8.90. The van der Waals surface area contributed by atoms with Gasteiger partial charge in [0.05, 0.1) is 0 Å². The summed E-state index contributed by atoms with van der Waals surface area (Å²) < 4.78 is 0.345. The zero-order valence-electron chi connectivity index (χ0n) is 8.76. The maximum Gasteiger partial charge on any atom is 0.103 e. The van der Waals surface area contributed by atoms with Crippen LogP contribution in [-0.2, 0) is 12.2 Å². The van der Waals surface area contributed by atoms with Gasteiger partial charge in [0.1, 0.15) is 5.01 Å². The van der Waals surface area contributed by atoms with Crippen LogP contribution in [0, 0.1) is 0 Å². The summed E-state index contributed by atoms with van der Waals surface area (Å²) in [5.41, 5.74) is 0. The number of aromatic nitrogens is 1. The van der Waals surface area contributed by atoms with Gasteiger partial charge >= 0.3 is 0 Å². The molecular formula is C10H17NS2. The SMILES string of the molecule is CCc1cnc(CSC(C)(C)C)s1. The van der Waals surface area contributed by atoms with Crippen LogP contribution < -0.4 is 0 Å². The lowest BCUT2D eigenvalue weighted by molar-refractivity contribution is 0.802. The van der Waals surface area contributed by atoms with E-state index in [2.05, 4.69) is 32.7 Å². The molecule has 0 aliphatic carbocycles. The first-order valence-corrected chi connectivity index (χ1v) is 6.39. The Morgan fingerprint density at radius 3 is 2.62 bits per heavy atom. The highest BCUT2D eigenvalue weighted by atomic mass is 32.2. The molecule has 0 saturated heterocycles. The minimum atomic E-state index is 0.345. The molecule has 1 heterocycles. The molecule has 0 spiro atoms. The van der Waals surface area contributed by atoms with Crippen LogP contribution in [0.5, 0.6) is 0 Å². The van der Waals surface area contributed by atoms with Crippen molar-refractivity contribution < 1.29 is 0 Å². The van der Waals surface area contributed by atoms with E-state index in [9.17, 15) is 0 Å². The average molecular weight is 215 g/mol. The van der Waals surface area contributed by atoms with Crippen LogP contribution in [0.3, 0.4) is 0 Å². The quantitative estimate of drug-likeness (QED) is 0.762. The van der Waals surface area contributed by atoms with Gasteiger partial charge in [-0.2, -0.15) is 0 Å². The van der Waals surface area contributed by atoms with Crippen molar-refractivity contribution in [1.29, 1.82) is 0 Å².